The largest absolute Gasteiger partial charge is 0.354 e. The Hall–Kier alpha value is -1.70. The first-order chi connectivity index (χ1) is 12.6. The van der Waals surface area contributed by atoms with E-state index in [1.165, 1.54) is 16.9 Å². The number of hydrogen-bond donors (Lipinski definition) is 1. The number of carbonyl (C=O) groups is 2. The van der Waals surface area contributed by atoms with Crippen LogP contribution in [-0.4, -0.2) is 55.3 Å². The lowest BCUT2D eigenvalue weighted by Crippen LogP contribution is -2.46. The topological polar surface area (TPSA) is 52.7 Å². The predicted octanol–water partition coefficient (Wildman–Crippen LogP) is 3.08. The highest BCUT2D eigenvalue weighted by molar-refractivity contribution is 7.12. The lowest BCUT2D eigenvalue weighted by atomic mass is 9.96. The Balaban J connectivity index is 1.56. The molecule has 1 fully saturated rings. The van der Waals surface area contributed by atoms with Crippen molar-refractivity contribution in [2.24, 2.45) is 5.92 Å². The summed E-state index contributed by atoms with van der Waals surface area (Å²) in [6.07, 6.45) is 1.71. The van der Waals surface area contributed by atoms with Crippen molar-refractivity contribution >= 4 is 34.5 Å². The Morgan fingerprint density at radius 1 is 1.35 bits per heavy atom. The Kier molecular flexibility index (Phi) is 6.45. The van der Waals surface area contributed by atoms with E-state index in [-0.39, 0.29) is 23.8 Å². The molecule has 2 aromatic heterocycles. The summed E-state index contributed by atoms with van der Waals surface area (Å²) in [6.45, 7) is 1.82. The number of likely N-dealkylation sites (tertiary alicyclic amines) is 1. The molecule has 3 rings (SSSR count). The maximum absolute atomic E-state index is 12.7. The van der Waals surface area contributed by atoms with Gasteiger partial charge in [0.15, 0.2) is 0 Å². The van der Waals surface area contributed by atoms with Crippen LogP contribution >= 0.6 is 22.7 Å². The van der Waals surface area contributed by atoms with Gasteiger partial charge in [-0.3, -0.25) is 9.59 Å². The van der Waals surface area contributed by atoms with Crippen molar-refractivity contribution in [3.63, 3.8) is 0 Å². The second-order valence-corrected chi connectivity index (χ2v) is 8.58. The van der Waals surface area contributed by atoms with Crippen LogP contribution in [-0.2, 0) is 4.79 Å². The molecule has 0 aliphatic carbocycles. The minimum atomic E-state index is -0.127. The molecule has 1 aliphatic heterocycles. The summed E-state index contributed by atoms with van der Waals surface area (Å²) >= 11 is 3.12. The van der Waals surface area contributed by atoms with Gasteiger partial charge in [-0.15, -0.1) is 11.3 Å². The first-order valence-corrected chi connectivity index (χ1v) is 10.7. The maximum atomic E-state index is 12.7. The number of piperidine rings is 1. The fourth-order valence-electron chi connectivity index (χ4n) is 3.34. The first-order valence-electron chi connectivity index (χ1n) is 8.85. The van der Waals surface area contributed by atoms with Crippen LogP contribution in [0, 0.1) is 5.92 Å². The average molecular weight is 392 g/mol. The lowest BCUT2D eigenvalue weighted by molar-refractivity contribution is -0.126. The number of likely N-dealkylation sites (N-methyl/N-ethyl adjacent to an activating group) is 1. The third kappa shape index (κ3) is 4.52. The van der Waals surface area contributed by atoms with Gasteiger partial charge in [-0.2, -0.15) is 11.3 Å². The van der Waals surface area contributed by atoms with E-state index in [2.05, 4.69) is 27.0 Å². The zero-order valence-electron chi connectivity index (χ0n) is 15.2. The third-order valence-corrected chi connectivity index (χ3v) is 6.39. The molecule has 0 saturated carbocycles. The summed E-state index contributed by atoms with van der Waals surface area (Å²) in [6, 6.07) is 6.00. The SMILES string of the molecule is CN(C)[C@H](CNC(=O)[C@H]1CCCN(C(=O)c2cccs2)C1)c1ccsc1. The highest BCUT2D eigenvalue weighted by atomic mass is 32.1. The molecular formula is C19H25N3O2S2. The molecule has 26 heavy (non-hydrogen) atoms. The third-order valence-electron chi connectivity index (χ3n) is 4.83. The quantitative estimate of drug-likeness (QED) is 0.823. The number of nitrogens with zero attached hydrogens (tertiary/aromatic N) is 2. The van der Waals surface area contributed by atoms with Crippen LogP contribution in [0.5, 0.6) is 0 Å². The van der Waals surface area contributed by atoms with E-state index in [1.54, 1.807) is 11.3 Å². The standard InChI is InChI=1S/C19H25N3O2S2/c1-21(2)16(15-7-10-25-13-15)11-20-18(23)14-5-3-8-22(12-14)19(24)17-6-4-9-26-17/h4,6-7,9-10,13-14,16H,3,5,8,11-12H2,1-2H3,(H,20,23)/t14-,16+/m0/s1. The van der Waals surface area contributed by atoms with Crippen molar-refractivity contribution in [1.29, 1.82) is 0 Å². The normalized spacial score (nSPS) is 18.7. The number of hydrogen-bond acceptors (Lipinski definition) is 5. The molecule has 3 heterocycles. The second kappa shape index (κ2) is 8.79. The number of amides is 2. The lowest BCUT2D eigenvalue weighted by Gasteiger charge is -2.32. The molecular weight excluding hydrogens is 366 g/mol. The van der Waals surface area contributed by atoms with Crippen molar-refractivity contribution in [2.75, 3.05) is 33.7 Å². The summed E-state index contributed by atoms with van der Waals surface area (Å²) in [5.74, 6) is -0.0318. The van der Waals surface area contributed by atoms with Crippen LogP contribution in [0.1, 0.15) is 34.1 Å². The van der Waals surface area contributed by atoms with Crippen molar-refractivity contribution < 1.29 is 9.59 Å². The van der Waals surface area contributed by atoms with Crippen LogP contribution < -0.4 is 5.32 Å². The van der Waals surface area contributed by atoms with Crippen molar-refractivity contribution in [2.45, 2.75) is 18.9 Å². The van der Waals surface area contributed by atoms with E-state index < -0.39 is 0 Å². The van der Waals surface area contributed by atoms with E-state index in [1.807, 2.05) is 36.5 Å². The van der Waals surface area contributed by atoms with Gasteiger partial charge in [-0.05, 0) is 60.8 Å². The van der Waals surface area contributed by atoms with E-state index in [9.17, 15) is 9.59 Å². The molecule has 2 atom stereocenters. The maximum Gasteiger partial charge on any atom is 0.263 e. The van der Waals surface area contributed by atoms with E-state index >= 15 is 0 Å². The molecule has 140 valence electrons. The van der Waals surface area contributed by atoms with Gasteiger partial charge in [0.1, 0.15) is 0 Å². The Bertz CT molecular complexity index is 713. The van der Waals surface area contributed by atoms with Gasteiger partial charge >= 0.3 is 0 Å². The number of nitrogens with one attached hydrogen (secondary N) is 1. The van der Waals surface area contributed by atoms with Crippen LogP contribution in [0.2, 0.25) is 0 Å². The molecule has 7 heteroatoms. The van der Waals surface area contributed by atoms with Crippen molar-refractivity contribution in [3.8, 4) is 0 Å². The minimum Gasteiger partial charge on any atom is -0.354 e. The average Bonchev–Trinajstić information content (AvgIpc) is 3.35. The Labute approximate surface area is 162 Å². The Morgan fingerprint density at radius 3 is 2.85 bits per heavy atom. The van der Waals surface area contributed by atoms with Crippen molar-refractivity contribution in [3.05, 3.63) is 44.8 Å². The molecule has 0 spiro atoms. The molecule has 0 radical (unpaired) electrons. The predicted molar refractivity (Wildman–Crippen MR) is 107 cm³/mol. The van der Waals surface area contributed by atoms with Gasteiger partial charge in [0, 0.05) is 19.6 Å². The summed E-state index contributed by atoms with van der Waals surface area (Å²) in [7, 11) is 4.05. The van der Waals surface area contributed by atoms with E-state index in [4.69, 9.17) is 0 Å². The van der Waals surface area contributed by atoms with E-state index in [0.29, 0.717) is 13.1 Å². The van der Waals surface area contributed by atoms with Gasteiger partial charge in [0.25, 0.3) is 5.91 Å². The molecule has 5 nitrogen and oxygen atoms in total. The van der Waals surface area contributed by atoms with Crippen LogP contribution in [0.25, 0.3) is 0 Å². The summed E-state index contributed by atoms with van der Waals surface area (Å²) in [4.78, 5) is 29.9. The van der Waals surface area contributed by atoms with Gasteiger partial charge < -0.3 is 15.1 Å². The second-order valence-electron chi connectivity index (χ2n) is 6.85. The molecule has 2 aromatic rings. The summed E-state index contributed by atoms with van der Waals surface area (Å²) in [5, 5.41) is 9.20. The van der Waals surface area contributed by atoms with Crippen molar-refractivity contribution in [1.82, 2.24) is 15.1 Å². The summed E-state index contributed by atoms with van der Waals surface area (Å²) in [5.41, 5.74) is 1.22. The zero-order chi connectivity index (χ0) is 18.5. The summed E-state index contributed by atoms with van der Waals surface area (Å²) < 4.78 is 0. The minimum absolute atomic E-state index is 0.0435. The fraction of sp³-hybridized carbons (Fsp3) is 0.474. The molecule has 1 aliphatic rings. The number of thiophene rings is 2. The Morgan fingerprint density at radius 2 is 2.19 bits per heavy atom. The van der Waals surface area contributed by atoms with Gasteiger partial charge in [-0.1, -0.05) is 6.07 Å². The smallest absolute Gasteiger partial charge is 0.263 e. The molecule has 1 saturated heterocycles. The molecule has 0 aromatic carbocycles. The highest BCUT2D eigenvalue weighted by Crippen LogP contribution is 2.22. The number of rotatable bonds is 6. The molecule has 1 N–H and O–H groups in total. The van der Waals surface area contributed by atoms with E-state index in [0.717, 1.165) is 24.3 Å². The van der Waals surface area contributed by atoms with Crippen LogP contribution in [0.4, 0.5) is 0 Å². The number of carbonyl (C=O) groups excluding carboxylic acids is 2. The van der Waals surface area contributed by atoms with Gasteiger partial charge in [0.05, 0.1) is 16.8 Å². The molecule has 0 bridgehead atoms. The fourth-order valence-corrected chi connectivity index (χ4v) is 4.73. The highest BCUT2D eigenvalue weighted by Gasteiger charge is 2.29. The molecule has 0 unspecified atom stereocenters. The van der Waals surface area contributed by atoms with Crippen LogP contribution in [0.3, 0.4) is 0 Å². The molecule has 2 amide bonds. The monoisotopic (exact) mass is 391 g/mol. The van der Waals surface area contributed by atoms with Gasteiger partial charge in [-0.25, -0.2) is 0 Å². The van der Waals surface area contributed by atoms with Gasteiger partial charge in [0.2, 0.25) is 5.91 Å². The van der Waals surface area contributed by atoms with Crippen LogP contribution in [0.15, 0.2) is 34.3 Å². The first kappa shape index (κ1) is 19.1. The zero-order valence-corrected chi connectivity index (χ0v) is 16.8.